The highest BCUT2D eigenvalue weighted by molar-refractivity contribution is 6.31. The fraction of sp³-hybridized carbons (Fsp3) is 0.188. The van der Waals surface area contributed by atoms with Crippen LogP contribution in [0, 0.1) is 0 Å². The van der Waals surface area contributed by atoms with E-state index in [1.54, 1.807) is 18.2 Å². The summed E-state index contributed by atoms with van der Waals surface area (Å²) in [5.41, 5.74) is -1.05. The quantitative estimate of drug-likeness (QED) is 0.772. The van der Waals surface area contributed by atoms with Crippen molar-refractivity contribution in [2.45, 2.75) is 19.2 Å². The molecule has 0 aromatic heterocycles. The second-order valence-corrected chi connectivity index (χ2v) is 5.74. The molecule has 2 rings (SSSR count). The minimum absolute atomic E-state index is 0.0294. The van der Waals surface area contributed by atoms with Gasteiger partial charge >= 0.3 is 6.18 Å². The molecule has 0 fully saturated rings. The summed E-state index contributed by atoms with van der Waals surface area (Å²) >= 11 is 11.3. The van der Waals surface area contributed by atoms with Crippen LogP contribution in [0.4, 0.5) is 18.9 Å². The largest absolute Gasteiger partial charge is 0.481 e. The molecule has 0 unspecified atom stereocenters. The van der Waals surface area contributed by atoms with Crippen LogP contribution in [-0.2, 0) is 11.0 Å². The van der Waals surface area contributed by atoms with Gasteiger partial charge in [-0.3, -0.25) is 4.79 Å². The molecule has 0 radical (unpaired) electrons. The number of hydrogen-bond donors (Lipinski definition) is 1. The summed E-state index contributed by atoms with van der Waals surface area (Å²) in [5.74, 6) is -0.234. The lowest BCUT2D eigenvalue weighted by Crippen LogP contribution is -2.30. The molecule has 2 aromatic rings. The van der Waals surface area contributed by atoms with Crippen LogP contribution >= 0.6 is 23.2 Å². The smallest absolute Gasteiger partial charge is 0.417 e. The predicted octanol–water partition coefficient (Wildman–Crippen LogP) is 5.42. The minimum atomic E-state index is -4.61. The van der Waals surface area contributed by atoms with Crippen molar-refractivity contribution in [2.75, 3.05) is 5.32 Å². The van der Waals surface area contributed by atoms with E-state index in [2.05, 4.69) is 5.32 Å². The zero-order valence-electron chi connectivity index (χ0n) is 12.3. The minimum Gasteiger partial charge on any atom is -0.481 e. The Bertz CT molecular complexity index is 750. The molecule has 0 aliphatic rings. The highest BCUT2D eigenvalue weighted by Crippen LogP contribution is 2.36. The van der Waals surface area contributed by atoms with Gasteiger partial charge in [-0.2, -0.15) is 13.2 Å². The molecule has 0 spiro atoms. The molecule has 8 heteroatoms. The third-order valence-electron chi connectivity index (χ3n) is 3.02. The number of nitrogens with one attached hydrogen (secondary N) is 1. The number of halogens is 5. The summed E-state index contributed by atoms with van der Waals surface area (Å²) in [7, 11) is 0. The second kappa shape index (κ2) is 7.32. The average molecular weight is 378 g/mol. The molecule has 1 N–H and O–H groups in total. The fourth-order valence-electron chi connectivity index (χ4n) is 1.86. The van der Waals surface area contributed by atoms with Crippen LogP contribution in [-0.4, -0.2) is 12.0 Å². The van der Waals surface area contributed by atoms with Crippen molar-refractivity contribution in [3.63, 3.8) is 0 Å². The van der Waals surface area contributed by atoms with Crippen LogP contribution in [0.25, 0.3) is 0 Å². The first-order chi connectivity index (χ1) is 11.2. The summed E-state index contributed by atoms with van der Waals surface area (Å²) < 4.78 is 43.9. The molecule has 1 atom stereocenters. The van der Waals surface area contributed by atoms with Crippen molar-refractivity contribution in [1.82, 2.24) is 0 Å². The summed E-state index contributed by atoms with van der Waals surface area (Å²) in [6.07, 6.45) is -5.55. The van der Waals surface area contributed by atoms with E-state index < -0.39 is 28.8 Å². The molecule has 24 heavy (non-hydrogen) atoms. The van der Waals surface area contributed by atoms with Crippen LogP contribution in [0.2, 0.25) is 10.0 Å². The monoisotopic (exact) mass is 377 g/mol. The molecule has 3 nitrogen and oxygen atoms in total. The van der Waals surface area contributed by atoms with Gasteiger partial charge in [0.2, 0.25) is 0 Å². The van der Waals surface area contributed by atoms with Gasteiger partial charge in [0.25, 0.3) is 5.91 Å². The van der Waals surface area contributed by atoms with E-state index in [1.807, 2.05) is 0 Å². The van der Waals surface area contributed by atoms with Gasteiger partial charge in [-0.15, -0.1) is 0 Å². The first-order valence-corrected chi connectivity index (χ1v) is 7.52. The van der Waals surface area contributed by atoms with Gasteiger partial charge in [-0.05, 0) is 43.3 Å². The van der Waals surface area contributed by atoms with Crippen molar-refractivity contribution >= 4 is 34.8 Å². The van der Waals surface area contributed by atoms with E-state index >= 15 is 0 Å². The first kappa shape index (κ1) is 18.4. The Morgan fingerprint density at radius 1 is 1.17 bits per heavy atom. The number of alkyl halides is 3. The van der Waals surface area contributed by atoms with Crippen molar-refractivity contribution in [1.29, 1.82) is 0 Å². The first-order valence-electron chi connectivity index (χ1n) is 6.76. The molecule has 0 saturated heterocycles. The lowest BCUT2D eigenvalue weighted by Gasteiger charge is -2.16. The number of amides is 1. The molecule has 128 valence electrons. The molecule has 0 bridgehead atoms. The Kier molecular flexibility index (Phi) is 5.62. The van der Waals surface area contributed by atoms with Crippen LogP contribution in [0.5, 0.6) is 5.75 Å². The molecular weight excluding hydrogens is 366 g/mol. The Hall–Kier alpha value is -1.92. The maximum absolute atomic E-state index is 12.8. The SMILES string of the molecule is C[C@@H](Oc1cccc(Cl)c1)C(=O)Nc1ccc(Cl)c(C(F)(F)F)c1. The number of anilines is 1. The van der Waals surface area contributed by atoms with Gasteiger partial charge in [0.1, 0.15) is 5.75 Å². The molecular formula is C16H12Cl2F3NO2. The zero-order chi connectivity index (χ0) is 17.9. The lowest BCUT2D eigenvalue weighted by atomic mass is 10.2. The summed E-state index contributed by atoms with van der Waals surface area (Å²) in [6, 6.07) is 9.55. The van der Waals surface area contributed by atoms with Crippen molar-refractivity contribution in [3.8, 4) is 5.75 Å². The van der Waals surface area contributed by atoms with E-state index in [-0.39, 0.29) is 5.69 Å². The van der Waals surface area contributed by atoms with Crippen molar-refractivity contribution < 1.29 is 22.7 Å². The number of ether oxygens (including phenoxy) is 1. The van der Waals surface area contributed by atoms with Gasteiger partial charge < -0.3 is 10.1 Å². The fourth-order valence-corrected chi connectivity index (χ4v) is 2.27. The summed E-state index contributed by atoms with van der Waals surface area (Å²) in [5, 5.41) is 2.36. The van der Waals surface area contributed by atoms with Crippen LogP contribution < -0.4 is 10.1 Å². The Balaban J connectivity index is 2.09. The van der Waals surface area contributed by atoms with Gasteiger partial charge in [0.05, 0.1) is 10.6 Å². The second-order valence-electron chi connectivity index (χ2n) is 4.90. The van der Waals surface area contributed by atoms with E-state index in [0.29, 0.717) is 10.8 Å². The number of hydrogen-bond acceptors (Lipinski definition) is 2. The van der Waals surface area contributed by atoms with Crippen LogP contribution in [0.15, 0.2) is 42.5 Å². The summed E-state index contributed by atoms with van der Waals surface area (Å²) in [4.78, 5) is 12.1. The van der Waals surface area contributed by atoms with E-state index in [1.165, 1.54) is 19.1 Å². The third kappa shape index (κ3) is 4.79. The van der Waals surface area contributed by atoms with E-state index in [4.69, 9.17) is 27.9 Å². The maximum atomic E-state index is 12.8. The molecule has 0 heterocycles. The van der Waals surface area contributed by atoms with Crippen molar-refractivity contribution in [2.24, 2.45) is 0 Å². The van der Waals surface area contributed by atoms with Crippen LogP contribution in [0.1, 0.15) is 12.5 Å². The Morgan fingerprint density at radius 3 is 2.50 bits per heavy atom. The summed E-state index contributed by atoms with van der Waals surface area (Å²) in [6.45, 7) is 1.47. The standard InChI is InChI=1S/C16H12Cl2F3NO2/c1-9(24-12-4-2-3-10(17)7-12)15(23)22-11-5-6-14(18)13(8-11)16(19,20)21/h2-9H,1H3,(H,22,23)/t9-/m1/s1. The highest BCUT2D eigenvalue weighted by Gasteiger charge is 2.33. The zero-order valence-corrected chi connectivity index (χ0v) is 13.8. The van der Waals surface area contributed by atoms with Gasteiger partial charge in [-0.1, -0.05) is 29.3 Å². The van der Waals surface area contributed by atoms with E-state index in [0.717, 1.165) is 12.1 Å². The third-order valence-corrected chi connectivity index (χ3v) is 3.58. The number of rotatable bonds is 4. The molecule has 0 saturated carbocycles. The van der Waals surface area contributed by atoms with Gasteiger partial charge in [-0.25, -0.2) is 0 Å². The maximum Gasteiger partial charge on any atom is 0.417 e. The average Bonchev–Trinajstić information content (AvgIpc) is 2.48. The number of carbonyl (C=O) groups is 1. The lowest BCUT2D eigenvalue weighted by molar-refractivity contribution is -0.137. The van der Waals surface area contributed by atoms with Gasteiger partial charge in [0.15, 0.2) is 6.10 Å². The molecule has 2 aromatic carbocycles. The highest BCUT2D eigenvalue weighted by atomic mass is 35.5. The molecule has 0 aliphatic carbocycles. The topological polar surface area (TPSA) is 38.3 Å². The Morgan fingerprint density at radius 2 is 1.88 bits per heavy atom. The van der Waals surface area contributed by atoms with Gasteiger partial charge in [0, 0.05) is 10.7 Å². The molecule has 0 aliphatic heterocycles. The van der Waals surface area contributed by atoms with E-state index in [9.17, 15) is 18.0 Å². The number of carbonyl (C=O) groups excluding carboxylic acids is 1. The van der Waals surface area contributed by atoms with Crippen LogP contribution in [0.3, 0.4) is 0 Å². The predicted molar refractivity (Wildman–Crippen MR) is 86.6 cm³/mol. The van der Waals surface area contributed by atoms with Crippen molar-refractivity contribution in [3.05, 3.63) is 58.1 Å². The number of benzene rings is 2. The normalized spacial score (nSPS) is 12.6. The Labute approximate surface area is 146 Å². The molecule has 1 amide bonds.